The van der Waals surface area contributed by atoms with Crippen molar-refractivity contribution in [2.75, 3.05) is 12.8 Å². The van der Waals surface area contributed by atoms with Crippen molar-refractivity contribution in [3.63, 3.8) is 0 Å². The van der Waals surface area contributed by atoms with Gasteiger partial charge >= 0.3 is 0 Å². The number of amides is 1. The van der Waals surface area contributed by atoms with E-state index >= 15 is 0 Å². The van der Waals surface area contributed by atoms with Crippen molar-refractivity contribution in [3.05, 3.63) is 70.1 Å². The van der Waals surface area contributed by atoms with Gasteiger partial charge in [0.2, 0.25) is 5.91 Å². The monoisotopic (exact) mass is 381 g/mol. The van der Waals surface area contributed by atoms with Crippen molar-refractivity contribution in [2.45, 2.75) is 31.2 Å². The maximum atomic E-state index is 12.6. The van der Waals surface area contributed by atoms with Crippen molar-refractivity contribution in [2.24, 2.45) is 0 Å². The van der Waals surface area contributed by atoms with Gasteiger partial charge in [0.15, 0.2) is 0 Å². The van der Waals surface area contributed by atoms with E-state index in [1.807, 2.05) is 42.3 Å². The number of carbonyl (C=O) groups is 1. The third-order valence-corrected chi connectivity index (χ3v) is 5.26. The predicted molar refractivity (Wildman–Crippen MR) is 110 cm³/mol. The summed E-state index contributed by atoms with van der Waals surface area (Å²) in [4.78, 5) is 35.1. The number of benzene rings is 2. The predicted octanol–water partition coefficient (Wildman–Crippen LogP) is 3.63. The minimum Gasteiger partial charge on any atom is -0.339 e. The quantitative estimate of drug-likeness (QED) is 0.635. The summed E-state index contributed by atoms with van der Waals surface area (Å²) in [5.74, 6) is 0.0285. The summed E-state index contributed by atoms with van der Waals surface area (Å²) in [5.41, 5.74) is 2.73. The van der Waals surface area contributed by atoms with Crippen molar-refractivity contribution < 1.29 is 4.79 Å². The van der Waals surface area contributed by atoms with Gasteiger partial charge in [0.1, 0.15) is 5.69 Å². The summed E-state index contributed by atoms with van der Waals surface area (Å²) in [6.45, 7) is 3.17. The van der Waals surface area contributed by atoms with Crippen LogP contribution in [-0.4, -0.2) is 33.6 Å². The lowest BCUT2D eigenvalue weighted by molar-refractivity contribution is -0.131. The Hall–Kier alpha value is -2.60. The molecule has 1 N–H and O–H groups in total. The van der Waals surface area contributed by atoms with Crippen molar-refractivity contribution in [3.8, 4) is 0 Å². The van der Waals surface area contributed by atoms with E-state index in [-0.39, 0.29) is 17.9 Å². The standard InChI is InChI=1S/C21H23N3O2S/c1-3-24(14-15-8-10-16(27-2)11-9-15)20(25)13-12-19-21(26)23-18-7-5-4-6-17(18)22-19/h4-11H,3,12-14H2,1-2H3,(H,23,26). The van der Waals surface area contributed by atoms with Crippen LogP contribution >= 0.6 is 11.8 Å². The molecule has 27 heavy (non-hydrogen) atoms. The molecular weight excluding hydrogens is 358 g/mol. The van der Waals surface area contributed by atoms with Crippen LogP contribution in [0.5, 0.6) is 0 Å². The summed E-state index contributed by atoms with van der Waals surface area (Å²) in [7, 11) is 0. The zero-order chi connectivity index (χ0) is 19.2. The molecule has 5 nitrogen and oxygen atoms in total. The van der Waals surface area contributed by atoms with Crippen LogP contribution in [0.3, 0.4) is 0 Å². The Kier molecular flexibility index (Phi) is 6.29. The van der Waals surface area contributed by atoms with Crippen molar-refractivity contribution in [1.29, 1.82) is 0 Å². The molecule has 0 saturated heterocycles. The highest BCUT2D eigenvalue weighted by atomic mass is 32.2. The lowest BCUT2D eigenvalue weighted by atomic mass is 10.1. The van der Waals surface area contributed by atoms with E-state index in [1.165, 1.54) is 4.90 Å². The van der Waals surface area contributed by atoms with Crippen LogP contribution < -0.4 is 5.56 Å². The third-order valence-electron chi connectivity index (χ3n) is 4.51. The Labute approximate surface area is 162 Å². The molecular formula is C21H23N3O2S. The number of rotatable bonds is 7. The first kappa shape index (κ1) is 19.2. The maximum absolute atomic E-state index is 12.6. The highest BCUT2D eigenvalue weighted by molar-refractivity contribution is 7.98. The molecule has 1 aromatic heterocycles. The number of thioether (sulfide) groups is 1. The average molecular weight is 382 g/mol. The lowest BCUT2D eigenvalue weighted by Crippen LogP contribution is -2.31. The molecule has 0 aliphatic rings. The molecule has 0 unspecified atom stereocenters. The Bertz CT molecular complexity index is 983. The Balaban J connectivity index is 1.66. The molecule has 0 aliphatic carbocycles. The molecule has 0 aliphatic heterocycles. The number of para-hydroxylation sites is 2. The van der Waals surface area contributed by atoms with Gasteiger partial charge in [0, 0.05) is 30.8 Å². The zero-order valence-electron chi connectivity index (χ0n) is 15.6. The van der Waals surface area contributed by atoms with E-state index in [4.69, 9.17) is 0 Å². The number of aromatic nitrogens is 2. The normalized spacial score (nSPS) is 10.9. The first-order chi connectivity index (χ1) is 13.1. The second kappa shape index (κ2) is 8.86. The van der Waals surface area contributed by atoms with Gasteiger partial charge in [0.25, 0.3) is 5.56 Å². The van der Waals surface area contributed by atoms with Crippen LogP contribution in [0.15, 0.2) is 58.2 Å². The molecule has 0 spiro atoms. The lowest BCUT2D eigenvalue weighted by Gasteiger charge is -2.21. The molecule has 1 amide bonds. The molecule has 3 rings (SSSR count). The van der Waals surface area contributed by atoms with Crippen LogP contribution in [-0.2, 0) is 17.8 Å². The molecule has 0 saturated carbocycles. The molecule has 1 heterocycles. The van der Waals surface area contributed by atoms with Crippen LogP contribution in [0.25, 0.3) is 11.0 Å². The molecule has 140 valence electrons. The van der Waals surface area contributed by atoms with E-state index in [2.05, 4.69) is 34.2 Å². The maximum Gasteiger partial charge on any atom is 0.270 e. The van der Waals surface area contributed by atoms with E-state index in [1.54, 1.807) is 11.8 Å². The van der Waals surface area contributed by atoms with Gasteiger partial charge in [0.05, 0.1) is 11.0 Å². The number of hydrogen-bond acceptors (Lipinski definition) is 4. The fraction of sp³-hybridized carbons (Fsp3) is 0.286. The van der Waals surface area contributed by atoms with Crippen LogP contribution in [0.2, 0.25) is 0 Å². The number of fused-ring (bicyclic) bond motifs is 1. The van der Waals surface area contributed by atoms with Gasteiger partial charge < -0.3 is 9.88 Å². The fourth-order valence-corrected chi connectivity index (χ4v) is 3.36. The smallest absolute Gasteiger partial charge is 0.270 e. The molecule has 6 heteroatoms. The topological polar surface area (TPSA) is 66.1 Å². The van der Waals surface area contributed by atoms with E-state index in [0.29, 0.717) is 30.7 Å². The third kappa shape index (κ3) is 4.77. The van der Waals surface area contributed by atoms with E-state index in [0.717, 1.165) is 11.1 Å². The highest BCUT2D eigenvalue weighted by Gasteiger charge is 2.14. The summed E-state index contributed by atoms with van der Waals surface area (Å²) >= 11 is 1.70. The second-order valence-corrected chi connectivity index (χ2v) is 7.17. The van der Waals surface area contributed by atoms with Crippen molar-refractivity contribution in [1.82, 2.24) is 14.9 Å². The number of H-pyrrole nitrogens is 1. The number of aromatic amines is 1. The van der Waals surface area contributed by atoms with Gasteiger partial charge in [-0.2, -0.15) is 0 Å². The molecule has 3 aromatic rings. The number of carbonyl (C=O) groups excluding carboxylic acids is 1. The Morgan fingerprint density at radius 3 is 2.59 bits per heavy atom. The SMILES string of the molecule is CCN(Cc1ccc(SC)cc1)C(=O)CCc1nc2ccccc2[nH]c1=O. The highest BCUT2D eigenvalue weighted by Crippen LogP contribution is 2.16. The molecule has 2 aromatic carbocycles. The number of nitrogens with one attached hydrogen (secondary N) is 1. The van der Waals surface area contributed by atoms with Gasteiger partial charge in [-0.05, 0) is 43.0 Å². The average Bonchev–Trinajstić information content (AvgIpc) is 2.70. The van der Waals surface area contributed by atoms with E-state index in [9.17, 15) is 9.59 Å². The number of aryl methyl sites for hydroxylation is 1. The van der Waals surface area contributed by atoms with Crippen LogP contribution in [0.4, 0.5) is 0 Å². The van der Waals surface area contributed by atoms with Gasteiger partial charge in [-0.1, -0.05) is 24.3 Å². The minimum atomic E-state index is -0.225. The van der Waals surface area contributed by atoms with Gasteiger partial charge in [-0.25, -0.2) is 4.98 Å². The summed E-state index contributed by atoms with van der Waals surface area (Å²) in [6.07, 6.45) is 2.64. The number of hydrogen-bond donors (Lipinski definition) is 1. The van der Waals surface area contributed by atoms with Crippen LogP contribution in [0.1, 0.15) is 24.6 Å². The minimum absolute atomic E-state index is 0.0285. The van der Waals surface area contributed by atoms with E-state index < -0.39 is 0 Å². The number of nitrogens with zero attached hydrogens (tertiary/aromatic N) is 2. The van der Waals surface area contributed by atoms with Crippen molar-refractivity contribution >= 4 is 28.7 Å². The Morgan fingerprint density at radius 1 is 1.15 bits per heavy atom. The summed E-state index contributed by atoms with van der Waals surface area (Å²) in [5, 5.41) is 0. The summed E-state index contributed by atoms with van der Waals surface area (Å²) < 4.78 is 0. The first-order valence-corrected chi connectivity index (χ1v) is 10.2. The molecule has 0 bridgehead atoms. The molecule has 0 atom stereocenters. The van der Waals surface area contributed by atoms with Gasteiger partial charge in [-0.3, -0.25) is 9.59 Å². The second-order valence-electron chi connectivity index (χ2n) is 6.29. The van der Waals surface area contributed by atoms with Gasteiger partial charge in [-0.15, -0.1) is 11.8 Å². The summed E-state index contributed by atoms with van der Waals surface area (Å²) in [6, 6.07) is 15.6. The zero-order valence-corrected chi connectivity index (χ0v) is 16.4. The largest absolute Gasteiger partial charge is 0.339 e. The first-order valence-electron chi connectivity index (χ1n) is 8.99. The Morgan fingerprint density at radius 2 is 1.89 bits per heavy atom. The van der Waals surface area contributed by atoms with Crippen LogP contribution in [0, 0.1) is 0 Å². The molecule has 0 radical (unpaired) electrons. The fourth-order valence-electron chi connectivity index (χ4n) is 2.95. The molecule has 0 fully saturated rings.